The summed E-state index contributed by atoms with van der Waals surface area (Å²) in [6.45, 7) is 4.77. The van der Waals surface area contributed by atoms with Crippen molar-refractivity contribution >= 4 is 17.5 Å². The van der Waals surface area contributed by atoms with Gasteiger partial charge in [0.25, 0.3) is 5.91 Å². The molecule has 1 aliphatic rings. The van der Waals surface area contributed by atoms with Crippen LogP contribution in [0.25, 0.3) is 11.3 Å². The number of nitrogens with zero attached hydrogens (tertiary/aromatic N) is 3. The van der Waals surface area contributed by atoms with E-state index in [4.69, 9.17) is 20.6 Å². The molecule has 3 aromatic rings. The van der Waals surface area contributed by atoms with Gasteiger partial charge in [-0.25, -0.2) is 0 Å². The summed E-state index contributed by atoms with van der Waals surface area (Å²) < 4.78 is 10.8. The lowest BCUT2D eigenvalue weighted by Gasteiger charge is -2.21. The molecule has 2 aromatic heterocycles. The Labute approximate surface area is 162 Å². The van der Waals surface area contributed by atoms with Crippen LogP contribution in [0.5, 0.6) is 0 Å². The van der Waals surface area contributed by atoms with Crippen molar-refractivity contribution in [1.82, 2.24) is 15.2 Å². The van der Waals surface area contributed by atoms with E-state index in [0.29, 0.717) is 23.0 Å². The first kappa shape index (κ1) is 17.8. The van der Waals surface area contributed by atoms with Gasteiger partial charge < -0.3 is 13.9 Å². The molecule has 7 heteroatoms. The Morgan fingerprint density at radius 1 is 1.19 bits per heavy atom. The van der Waals surface area contributed by atoms with E-state index in [9.17, 15) is 4.79 Å². The highest BCUT2D eigenvalue weighted by molar-refractivity contribution is 6.30. The molecule has 1 fully saturated rings. The molecule has 0 aliphatic carbocycles. The van der Waals surface area contributed by atoms with Gasteiger partial charge in [0.15, 0.2) is 11.5 Å². The highest BCUT2D eigenvalue weighted by Crippen LogP contribution is 2.34. The van der Waals surface area contributed by atoms with Crippen LogP contribution in [0.3, 0.4) is 0 Å². The van der Waals surface area contributed by atoms with Crippen LogP contribution in [-0.4, -0.2) is 27.7 Å². The van der Waals surface area contributed by atoms with E-state index in [1.54, 1.807) is 23.1 Å². The third kappa shape index (κ3) is 3.49. The van der Waals surface area contributed by atoms with Gasteiger partial charge in [-0.05, 0) is 37.1 Å². The Morgan fingerprint density at radius 2 is 1.96 bits per heavy atom. The molecule has 1 unspecified atom stereocenters. The van der Waals surface area contributed by atoms with Crippen LogP contribution in [0.1, 0.15) is 60.6 Å². The maximum absolute atomic E-state index is 13.0. The number of hydrogen-bond acceptors (Lipinski definition) is 5. The van der Waals surface area contributed by atoms with Crippen LogP contribution < -0.4 is 0 Å². The van der Waals surface area contributed by atoms with Crippen molar-refractivity contribution in [2.75, 3.05) is 6.54 Å². The summed E-state index contributed by atoms with van der Waals surface area (Å²) in [6.07, 6.45) is 1.78. The fourth-order valence-electron chi connectivity index (χ4n) is 3.32. The minimum atomic E-state index is -0.157. The fourth-order valence-corrected chi connectivity index (χ4v) is 3.45. The molecule has 27 heavy (non-hydrogen) atoms. The second kappa shape index (κ2) is 7.19. The molecule has 0 radical (unpaired) electrons. The van der Waals surface area contributed by atoms with Crippen molar-refractivity contribution in [2.24, 2.45) is 0 Å². The van der Waals surface area contributed by atoms with Crippen molar-refractivity contribution < 1.29 is 13.8 Å². The maximum Gasteiger partial charge on any atom is 0.276 e. The predicted molar refractivity (Wildman–Crippen MR) is 101 cm³/mol. The van der Waals surface area contributed by atoms with Gasteiger partial charge in [-0.1, -0.05) is 35.8 Å². The van der Waals surface area contributed by atoms with Gasteiger partial charge in [0.1, 0.15) is 11.5 Å². The first-order valence-corrected chi connectivity index (χ1v) is 9.41. The van der Waals surface area contributed by atoms with Gasteiger partial charge in [0.2, 0.25) is 0 Å². The van der Waals surface area contributed by atoms with E-state index in [0.717, 1.165) is 29.9 Å². The van der Waals surface area contributed by atoms with Crippen LogP contribution in [-0.2, 0) is 0 Å². The highest BCUT2D eigenvalue weighted by atomic mass is 35.5. The van der Waals surface area contributed by atoms with Crippen molar-refractivity contribution in [3.8, 4) is 11.3 Å². The Bertz CT molecular complexity index is 946. The number of carbonyl (C=O) groups is 1. The summed E-state index contributed by atoms with van der Waals surface area (Å²) in [5.74, 6) is 1.47. The molecule has 0 N–H and O–H groups in total. The first-order valence-electron chi connectivity index (χ1n) is 9.03. The summed E-state index contributed by atoms with van der Waals surface area (Å²) in [6, 6.07) is 10.7. The molecule has 0 saturated carbocycles. The van der Waals surface area contributed by atoms with Crippen LogP contribution in [0.2, 0.25) is 5.02 Å². The predicted octanol–water partition coefficient (Wildman–Crippen LogP) is 5.08. The molecule has 0 bridgehead atoms. The van der Waals surface area contributed by atoms with E-state index in [-0.39, 0.29) is 17.9 Å². The quantitative estimate of drug-likeness (QED) is 0.625. The standard InChI is InChI=1S/C20H20ClN3O3/c1-12(2)18-10-15(22-26-18)17-4-3-9-24(17)20(25)16-11-19(27-23-16)13-5-7-14(21)8-6-13/h5-8,10-12,17H,3-4,9H2,1-2H3. The number of hydrogen-bond donors (Lipinski definition) is 0. The van der Waals surface area contributed by atoms with E-state index in [1.165, 1.54) is 0 Å². The summed E-state index contributed by atoms with van der Waals surface area (Å²) in [7, 11) is 0. The number of carbonyl (C=O) groups excluding carboxylic acids is 1. The third-order valence-electron chi connectivity index (χ3n) is 4.83. The molecule has 140 valence electrons. The second-order valence-electron chi connectivity index (χ2n) is 7.05. The zero-order chi connectivity index (χ0) is 19.0. The number of halogens is 1. The SMILES string of the molecule is CC(C)c1cc(C2CCCN2C(=O)c2cc(-c3ccc(Cl)cc3)on2)no1. The Balaban J connectivity index is 1.55. The van der Waals surface area contributed by atoms with Crippen LogP contribution in [0.15, 0.2) is 45.4 Å². The molecular weight excluding hydrogens is 366 g/mol. The van der Waals surface area contributed by atoms with Gasteiger partial charge >= 0.3 is 0 Å². The van der Waals surface area contributed by atoms with Gasteiger partial charge in [-0.2, -0.15) is 0 Å². The number of aromatic nitrogens is 2. The lowest BCUT2D eigenvalue weighted by atomic mass is 10.1. The Kier molecular flexibility index (Phi) is 4.74. The zero-order valence-electron chi connectivity index (χ0n) is 15.2. The van der Waals surface area contributed by atoms with Crippen LogP contribution in [0, 0.1) is 0 Å². The van der Waals surface area contributed by atoms with E-state index < -0.39 is 0 Å². The first-order chi connectivity index (χ1) is 13.0. The van der Waals surface area contributed by atoms with Gasteiger partial charge in [-0.3, -0.25) is 4.79 Å². The lowest BCUT2D eigenvalue weighted by Crippen LogP contribution is -2.30. The molecule has 4 rings (SSSR count). The van der Waals surface area contributed by atoms with Gasteiger partial charge in [0, 0.05) is 35.2 Å². The monoisotopic (exact) mass is 385 g/mol. The molecular formula is C20H20ClN3O3. The van der Waals surface area contributed by atoms with Crippen molar-refractivity contribution in [2.45, 2.75) is 38.6 Å². The molecule has 1 aliphatic heterocycles. The Morgan fingerprint density at radius 3 is 2.67 bits per heavy atom. The number of benzene rings is 1. The molecule has 0 spiro atoms. The normalized spacial score (nSPS) is 17.0. The third-order valence-corrected chi connectivity index (χ3v) is 5.08. The van der Waals surface area contributed by atoms with E-state index in [1.807, 2.05) is 18.2 Å². The highest BCUT2D eigenvalue weighted by Gasteiger charge is 2.34. The fraction of sp³-hybridized carbons (Fsp3) is 0.350. The molecule has 1 amide bonds. The minimum absolute atomic E-state index is 0.0931. The molecule has 3 heterocycles. The zero-order valence-corrected chi connectivity index (χ0v) is 15.9. The van der Waals surface area contributed by atoms with Gasteiger partial charge in [0.05, 0.1) is 6.04 Å². The number of amides is 1. The van der Waals surface area contributed by atoms with Crippen molar-refractivity contribution in [1.29, 1.82) is 0 Å². The summed E-state index contributed by atoms with van der Waals surface area (Å²) in [5, 5.41) is 8.80. The largest absolute Gasteiger partial charge is 0.361 e. The van der Waals surface area contributed by atoms with E-state index >= 15 is 0 Å². The van der Waals surface area contributed by atoms with Crippen molar-refractivity contribution in [3.05, 3.63) is 58.6 Å². The van der Waals surface area contributed by atoms with Crippen LogP contribution in [0.4, 0.5) is 0 Å². The maximum atomic E-state index is 13.0. The molecule has 6 nitrogen and oxygen atoms in total. The number of likely N-dealkylation sites (tertiary alicyclic amines) is 1. The molecule has 1 saturated heterocycles. The minimum Gasteiger partial charge on any atom is -0.361 e. The Hall–Kier alpha value is -2.60. The second-order valence-corrected chi connectivity index (χ2v) is 7.49. The number of rotatable bonds is 4. The smallest absolute Gasteiger partial charge is 0.276 e. The summed E-state index contributed by atoms with van der Waals surface area (Å²) >= 11 is 5.92. The average Bonchev–Trinajstić information content (AvgIpc) is 3.40. The van der Waals surface area contributed by atoms with E-state index in [2.05, 4.69) is 24.2 Å². The summed E-state index contributed by atoms with van der Waals surface area (Å²) in [5.41, 5.74) is 1.91. The summed E-state index contributed by atoms with van der Waals surface area (Å²) in [4.78, 5) is 14.8. The lowest BCUT2D eigenvalue weighted by molar-refractivity contribution is 0.0720. The topological polar surface area (TPSA) is 72.4 Å². The van der Waals surface area contributed by atoms with Gasteiger partial charge in [-0.15, -0.1) is 0 Å². The van der Waals surface area contributed by atoms with Crippen molar-refractivity contribution in [3.63, 3.8) is 0 Å². The average molecular weight is 386 g/mol. The molecule has 1 atom stereocenters. The molecule has 1 aromatic carbocycles. The van der Waals surface area contributed by atoms with Crippen LogP contribution >= 0.6 is 11.6 Å².